The van der Waals surface area contributed by atoms with Gasteiger partial charge in [0.2, 0.25) is 0 Å². The van der Waals surface area contributed by atoms with Crippen LogP contribution in [-0.2, 0) is 6.54 Å². The lowest BCUT2D eigenvalue weighted by Crippen LogP contribution is -2.17. The molecule has 3 nitrogen and oxygen atoms in total. The minimum atomic E-state index is -0.276. The lowest BCUT2D eigenvalue weighted by atomic mass is 10.2. The number of hydrogen-bond acceptors (Lipinski definition) is 4. The molecule has 0 aliphatic rings. The summed E-state index contributed by atoms with van der Waals surface area (Å²) in [6.07, 6.45) is 0. The Morgan fingerprint density at radius 1 is 1.47 bits per heavy atom. The van der Waals surface area contributed by atoms with Crippen molar-refractivity contribution in [1.29, 1.82) is 0 Å². The third kappa shape index (κ3) is 2.55. The molecular weight excluding hydrogens is 237 g/mol. The van der Waals surface area contributed by atoms with Crippen LogP contribution in [0.15, 0.2) is 23.7 Å². The summed E-state index contributed by atoms with van der Waals surface area (Å²) in [7, 11) is 1.89. The van der Waals surface area contributed by atoms with Crippen molar-refractivity contribution in [3.05, 3.63) is 40.1 Å². The van der Waals surface area contributed by atoms with E-state index >= 15 is 0 Å². The van der Waals surface area contributed by atoms with Crippen molar-refractivity contribution in [3.8, 4) is 0 Å². The third-order valence-corrected chi connectivity index (χ3v) is 3.55. The molecule has 2 N–H and O–H groups in total. The van der Waals surface area contributed by atoms with Gasteiger partial charge in [0, 0.05) is 11.9 Å². The van der Waals surface area contributed by atoms with Crippen molar-refractivity contribution in [2.24, 2.45) is 0 Å². The van der Waals surface area contributed by atoms with Gasteiger partial charge in [-0.05, 0) is 25.1 Å². The summed E-state index contributed by atoms with van der Waals surface area (Å²) < 4.78 is 13.2. The van der Waals surface area contributed by atoms with Gasteiger partial charge >= 0.3 is 0 Å². The molecule has 1 aromatic carbocycles. The summed E-state index contributed by atoms with van der Waals surface area (Å²) in [5.41, 5.74) is 9.95. The number of benzene rings is 1. The van der Waals surface area contributed by atoms with Crippen LogP contribution in [0.25, 0.3) is 0 Å². The molecule has 0 aliphatic heterocycles. The van der Waals surface area contributed by atoms with Crippen LogP contribution in [0.5, 0.6) is 0 Å². The number of aromatic nitrogens is 1. The van der Waals surface area contributed by atoms with E-state index in [2.05, 4.69) is 4.98 Å². The van der Waals surface area contributed by atoms with Gasteiger partial charge in [0.1, 0.15) is 5.82 Å². The van der Waals surface area contributed by atoms with Gasteiger partial charge in [-0.2, -0.15) is 0 Å². The zero-order chi connectivity index (χ0) is 12.4. The second-order valence-electron chi connectivity index (χ2n) is 3.92. The van der Waals surface area contributed by atoms with E-state index in [1.165, 1.54) is 12.1 Å². The smallest absolute Gasteiger partial charge is 0.125 e. The number of hydrogen-bond donors (Lipinski definition) is 1. The zero-order valence-electron chi connectivity index (χ0n) is 9.77. The van der Waals surface area contributed by atoms with Crippen LogP contribution >= 0.6 is 11.3 Å². The molecule has 90 valence electrons. The normalized spacial score (nSPS) is 10.5. The van der Waals surface area contributed by atoms with E-state index in [0.717, 1.165) is 10.6 Å². The van der Waals surface area contributed by atoms with Gasteiger partial charge in [-0.25, -0.2) is 9.37 Å². The molecule has 0 unspecified atom stereocenters. The Balaban J connectivity index is 2.23. The second-order valence-corrected chi connectivity index (χ2v) is 4.86. The van der Waals surface area contributed by atoms with Crippen molar-refractivity contribution in [3.63, 3.8) is 0 Å². The third-order valence-electron chi connectivity index (χ3n) is 2.63. The molecular formula is C12H14FN3S. The van der Waals surface area contributed by atoms with Crippen LogP contribution in [0.2, 0.25) is 0 Å². The van der Waals surface area contributed by atoms with Crippen LogP contribution in [-0.4, -0.2) is 12.0 Å². The van der Waals surface area contributed by atoms with Crippen molar-refractivity contribution >= 4 is 22.7 Å². The molecule has 0 bridgehead atoms. The Morgan fingerprint density at radius 2 is 2.24 bits per heavy atom. The maximum atomic E-state index is 13.2. The molecule has 0 fully saturated rings. The standard InChI is InChI=1S/C12H14FN3S/c1-8-12(17-7-15-8)6-16(2)11-5-9(13)3-4-10(11)14/h3-5,7H,6,14H2,1-2H3. The van der Waals surface area contributed by atoms with E-state index in [1.54, 1.807) is 17.4 Å². The monoisotopic (exact) mass is 251 g/mol. The summed E-state index contributed by atoms with van der Waals surface area (Å²) in [6.45, 7) is 2.65. The van der Waals surface area contributed by atoms with E-state index < -0.39 is 0 Å². The molecule has 0 saturated heterocycles. The molecule has 0 saturated carbocycles. The molecule has 0 aliphatic carbocycles. The van der Waals surface area contributed by atoms with Gasteiger partial charge in [-0.3, -0.25) is 0 Å². The number of rotatable bonds is 3. The number of thiazole rings is 1. The van der Waals surface area contributed by atoms with Gasteiger partial charge in [-0.15, -0.1) is 11.3 Å². The Hall–Kier alpha value is -1.62. The van der Waals surface area contributed by atoms with Crippen LogP contribution < -0.4 is 10.6 Å². The minimum Gasteiger partial charge on any atom is -0.397 e. The molecule has 0 amide bonds. The molecule has 17 heavy (non-hydrogen) atoms. The van der Waals surface area contributed by atoms with Crippen molar-refractivity contribution in [1.82, 2.24) is 4.98 Å². The Morgan fingerprint density at radius 3 is 2.88 bits per heavy atom. The largest absolute Gasteiger partial charge is 0.397 e. The first-order valence-electron chi connectivity index (χ1n) is 5.23. The van der Waals surface area contributed by atoms with Crippen LogP contribution in [0, 0.1) is 12.7 Å². The lowest BCUT2D eigenvalue weighted by Gasteiger charge is -2.20. The zero-order valence-corrected chi connectivity index (χ0v) is 10.6. The molecule has 1 heterocycles. The number of halogens is 1. The number of nitrogens with zero attached hydrogens (tertiary/aromatic N) is 2. The molecule has 0 radical (unpaired) electrons. The Bertz CT molecular complexity index is 524. The van der Waals surface area contributed by atoms with E-state index in [4.69, 9.17) is 5.73 Å². The second kappa shape index (κ2) is 4.71. The fourth-order valence-corrected chi connectivity index (χ4v) is 2.46. The fraction of sp³-hybridized carbons (Fsp3) is 0.250. The first kappa shape index (κ1) is 11.9. The van der Waals surface area contributed by atoms with Gasteiger partial charge in [0.05, 0.1) is 29.1 Å². The highest BCUT2D eigenvalue weighted by atomic mass is 32.1. The van der Waals surface area contributed by atoms with Crippen LogP contribution in [0.3, 0.4) is 0 Å². The highest BCUT2D eigenvalue weighted by Crippen LogP contribution is 2.25. The molecule has 2 aromatic rings. The fourth-order valence-electron chi connectivity index (χ4n) is 1.63. The molecule has 5 heteroatoms. The van der Waals surface area contributed by atoms with E-state index in [0.29, 0.717) is 17.9 Å². The number of aryl methyl sites for hydroxylation is 1. The number of anilines is 2. The Kier molecular flexibility index (Phi) is 3.28. The number of nitrogens with two attached hydrogens (primary N) is 1. The van der Waals surface area contributed by atoms with Gasteiger partial charge in [0.15, 0.2) is 0 Å². The van der Waals surface area contributed by atoms with Crippen LogP contribution in [0.4, 0.5) is 15.8 Å². The summed E-state index contributed by atoms with van der Waals surface area (Å²) in [6, 6.07) is 4.40. The van der Waals surface area contributed by atoms with Crippen molar-refractivity contribution in [2.45, 2.75) is 13.5 Å². The molecule has 1 aromatic heterocycles. The van der Waals surface area contributed by atoms with E-state index in [1.807, 2.05) is 24.4 Å². The van der Waals surface area contributed by atoms with E-state index in [9.17, 15) is 4.39 Å². The van der Waals surface area contributed by atoms with Gasteiger partial charge in [0.25, 0.3) is 0 Å². The SMILES string of the molecule is Cc1ncsc1CN(C)c1cc(F)ccc1N. The molecule has 0 atom stereocenters. The quantitative estimate of drug-likeness (QED) is 0.853. The molecule has 0 spiro atoms. The average molecular weight is 251 g/mol. The Labute approximate surface area is 104 Å². The first-order valence-corrected chi connectivity index (χ1v) is 6.11. The summed E-state index contributed by atoms with van der Waals surface area (Å²) in [5, 5.41) is 0. The van der Waals surface area contributed by atoms with E-state index in [-0.39, 0.29) is 5.82 Å². The van der Waals surface area contributed by atoms with Crippen molar-refractivity contribution < 1.29 is 4.39 Å². The molecule has 2 rings (SSSR count). The van der Waals surface area contributed by atoms with Gasteiger partial charge in [-0.1, -0.05) is 0 Å². The first-order chi connectivity index (χ1) is 8.08. The van der Waals surface area contributed by atoms with Gasteiger partial charge < -0.3 is 10.6 Å². The summed E-state index contributed by atoms with van der Waals surface area (Å²) in [5.74, 6) is -0.276. The maximum absolute atomic E-state index is 13.2. The lowest BCUT2D eigenvalue weighted by molar-refractivity contribution is 0.627. The topological polar surface area (TPSA) is 42.2 Å². The average Bonchev–Trinajstić information content (AvgIpc) is 2.68. The summed E-state index contributed by atoms with van der Waals surface area (Å²) in [4.78, 5) is 7.28. The minimum absolute atomic E-state index is 0.276. The predicted octanol–water partition coefficient (Wildman–Crippen LogP) is 2.81. The van der Waals surface area contributed by atoms with Crippen molar-refractivity contribution in [2.75, 3.05) is 17.7 Å². The van der Waals surface area contributed by atoms with Crippen LogP contribution in [0.1, 0.15) is 10.6 Å². The summed E-state index contributed by atoms with van der Waals surface area (Å²) >= 11 is 1.60. The highest BCUT2D eigenvalue weighted by molar-refractivity contribution is 7.09. The highest BCUT2D eigenvalue weighted by Gasteiger charge is 2.10. The predicted molar refractivity (Wildman–Crippen MR) is 69.8 cm³/mol. The maximum Gasteiger partial charge on any atom is 0.125 e. The number of nitrogen functional groups attached to an aromatic ring is 1.